The maximum absolute atomic E-state index is 9.70. The monoisotopic (exact) mass is 303 g/mol. The predicted molar refractivity (Wildman–Crippen MR) is 81.9 cm³/mol. The molecule has 0 amide bonds. The summed E-state index contributed by atoms with van der Waals surface area (Å²) in [6, 6.07) is 12.4. The highest BCUT2D eigenvalue weighted by Gasteiger charge is 2.19. The van der Waals surface area contributed by atoms with E-state index in [-0.39, 0.29) is 11.9 Å². The van der Waals surface area contributed by atoms with Crippen LogP contribution in [0, 0.1) is 0 Å². The van der Waals surface area contributed by atoms with Gasteiger partial charge in [-0.15, -0.1) is 0 Å². The molecule has 108 valence electrons. The smallest absolute Gasteiger partial charge is 0.161 e. The zero-order valence-electron chi connectivity index (χ0n) is 11.2. The molecule has 0 saturated carbocycles. The Kier molecular flexibility index (Phi) is 3.97. The Morgan fingerprint density at radius 3 is 2.90 bits per heavy atom. The lowest BCUT2D eigenvalue weighted by Gasteiger charge is -2.25. The van der Waals surface area contributed by atoms with Crippen LogP contribution in [-0.4, -0.2) is 30.6 Å². The summed E-state index contributed by atoms with van der Waals surface area (Å²) in [5.74, 6) is 1.63. The van der Waals surface area contributed by atoms with E-state index in [2.05, 4.69) is 4.99 Å². The van der Waals surface area contributed by atoms with Crippen molar-refractivity contribution in [3.63, 3.8) is 0 Å². The van der Waals surface area contributed by atoms with Crippen molar-refractivity contribution in [1.82, 2.24) is 0 Å². The number of phenols is 1. The van der Waals surface area contributed by atoms with E-state index < -0.39 is 0 Å². The van der Waals surface area contributed by atoms with E-state index in [1.807, 2.05) is 24.3 Å². The van der Waals surface area contributed by atoms with E-state index in [1.165, 1.54) is 0 Å². The maximum Gasteiger partial charge on any atom is 0.161 e. The Morgan fingerprint density at radius 2 is 2.05 bits per heavy atom. The van der Waals surface area contributed by atoms with Crippen LogP contribution < -0.4 is 9.47 Å². The number of aromatic hydroxyl groups is 1. The van der Waals surface area contributed by atoms with E-state index in [4.69, 9.17) is 21.1 Å². The molecule has 5 heteroatoms. The minimum absolute atomic E-state index is 0.141. The van der Waals surface area contributed by atoms with Gasteiger partial charge in [0.25, 0.3) is 0 Å². The average Bonchev–Trinajstić information content (AvgIpc) is 2.50. The van der Waals surface area contributed by atoms with Crippen molar-refractivity contribution in [3.05, 3.63) is 53.1 Å². The fraction of sp³-hybridized carbons (Fsp3) is 0.188. The molecule has 0 radical (unpaired) electrons. The molecule has 0 aromatic heterocycles. The van der Waals surface area contributed by atoms with Crippen molar-refractivity contribution in [2.75, 3.05) is 13.2 Å². The van der Waals surface area contributed by atoms with E-state index in [0.29, 0.717) is 23.7 Å². The number of halogens is 1. The van der Waals surface area contributed by atoms with Crippen LogP contribution in [0.2, 0.25) is 5.02 Å². The molecule has 1 heterocycles. The van der Waals surface area contributed by atoms with Crippen molar-refractivity contribution >= 4 is 17.8 Å². The van der Waals surface area contributed by atoms with Gasteiger partial charge in [0.1, 0.15) is 12.4 Å². The zero-order chi connectivity index (χ0) is 14.7. The van der Waals surface area contributed by atoms with E-state index >= 15 is 0 Å². The second-order valence-corrected chi connectivity index (χ2v) is 5.13. The number of nitrogens with zero attached hydrogens (tertiary/aromatic N) is 1. The van der Waals surface area contributed by atoms with Crippen molar-refractivity contribution in [2.45, 2.75) is 6.10 Å². The lowest BCUT2D eigenvalue weighted by molar-refractivity contribution is 0.0973. The van der Waals surface area contributed by atoms with E-state index in [9.17, 15) is 5.11 Å². The molecule has 0 aliphatic carbocycles. The summed E-state index contributed by atoms with van der Waals surface area (Å²) in [6.45, 7) is 0.899. The van der Waals surface area contributed by atoms with Crippen LogP contribution in [0.3, 0.4) is 0 Å². The molecule has 0 spiro atoms. The third-order valence-electron chi connectivity index (χ3n) is 3.10. The Bertz CT molecular complexity index is 672. The normalized spacial score (nSPS) is 17.1. The highest BCUT2D eigenvalue weighted by Crippen LogP contribution is 2.30. The maximum atomic E-state index is 9.70. The number of rotatable bonds is 3. The van der Waals surface area contributed by atoms with Gasteiger partial charge in [-0.3, -0.25) is 4.99 Å². The van der Waals surface area contributed by atoms with Gasteiger partial charge in [0.2, 0.25) is 0 Å². The third kappa shape index (κ3) is 3.28. The molecule has 1 N–H and O–H groups in total. The number of benzene rings is 2. The molecule has 1 atom stereocenters. The first-order valence-corrected chi connectivity index (χ1v) is 6.97. The first-order valence-electron chi connectivity index (χ1n) is 6.59. The van der Waals surface area contributed by atoms with E-state index in [0.717, 1.165) is 11.5 Å². The predicted octanol–water partition coefficient (Wildman–Crippen LogP) is 3.30. The lowest BCUT2D eigenvalue weighted by atomic mass is 10.2. The highest BCUT2D eigenvalue weighted by molar-refractivity contribution is 6.30. The molecule has 1 aliphatic heterocycles. The minimum Gasteiger partial charge on any atom is -0.507 e. The number of aliphatic imine (C=N–C) groups is 1. The fourth-order valence-corrected chi connectivity index (χ4v) is 2.23. The summed E-state index contributed by atoms with van der Waals surface area (Å²) in [6.07, 6.45) is 1.45. The van der Waals surface area contributed by atoms with Crippen molar-refractivity contribution in [1.29, 1.82) is 0 Å². The Hall–Kier alpha value is -2.20. The molecule has 0 bridgehead atoms. The second-order valence-electron chi connectivity index (χ2n) is 4.69. The van der Waals surface area contributed by atoms with Crippen molar-refractivity contribution in [2.24, 2.45) is 4.99 Å². The molecule has 0 saturated heterocycles. The van der Waals surface area contributed by atoms with Crippen LogP contribution >= 0.6 is 11.6 Å². The van der Waals surface area contributed by atoms with Crippen LogP contribution in [0.25, 0.3) is 0 Å². The van der Waals surface area contributed by atoms with Crippen LogP contribution in [0.1, 0.15) is 5.56 Å². The molecular weight excluding hydrogens is 290 g/mol. The van der Waals surface area contributed by atoms with Gasteiger partial charge in [0, 0.05) is 16.8 Å². The quantitative estimate of drug-likeness (QED) is 0.885. The Balaban J connectivity index is 1.64. The Labute approximate surface area is 127 Å². The number of ether oxygens (including phenoxy) is 2. The van der Waals surface area contributed by atoms with Crippen molar-refractivity contribution in [3.8, 4) is 17.2 Å². The number of phenolic OH excluding ortho intramolecular Hbond substituents is 1. The highest BCUT2D eigenvalue weighted by atomic mass is 35.5. The van der Waals surface area contributed by atoms with Crippen LogP contribution in [0.5, 0.6) is 17.2 Å². The summed E-state index contributed by atoms with van der Waals surface area (Å²) in [5, 5.41) is 10.3. The molecule has 3 rings (SSSR count). The molecule has 2 aromatic carbocycles. The topological polar surface area (TPSA) is 51.1 Å². The molecule has 21 heavy (non-hydrogen) atoms. The summed E-state index contributed by atoms with van der Waals surface area (Å²) < 4.78 is 11.4. The molecule has 0 fully saturated rings. The second kappa shape index (κ2) is 6.06. The summed E-state index contributed by atoms with van der Waals surface area (Å²) in [4.78, 5) is 4.29. The van der Waals surface area contributed by atoms with Gasteiger partial charge < -0.3 is 14.6 Å². The van der Waals surface area contributed by atoms with Gasteiger partial charge >= 0.3 is 0 Å². The standard InChI is InChI=1S/C16H14ClNO3/c17-12-5-6-14(19)11(7-12)8-18-9-13-10-20-15-3-1-2-4-16(15)21-13/h1-8,13,19H,9-10H2/t13-/m0/s1. The number of hydrogen-bond donors (Lipinski definition) is 1. The van der Waals surface area contributed by atoms with Crippen LogP contribution in [-0.2, 0) is 0 Å². The summed E-state index contributed by atoms with van der Waals surface area (Å²) in [5.41, 5.74) is 0.583. The van der Waals surface area contributed by atoms with Gasteiger partial charge in [0.05, 0.1) is 6.54 Å². The molecule has 2 aromatic rings. The Morgan fingerprint density at radius 1 is 1.24 bits per heavy atom. The van der Waals surface area contributed by atoms with E-state index in [1.54, 1.807) is 24.4 Å². The molecule has 4 nitrogen and oxygen atoms in total. The minimum atomic E-state index is -0.141. The van der Waals surface area contributed by atoms with Gasteiger partial charge in [-0.25, -0.2) is 0 Å². The first kappa shape index (κ1) is 13.8. The number of fused-ring (bicyclic) bond motifs is 1. The third-order valence-corrected chi connectivity index (χ3v) is 3.33. The fourth-order valence-electron chi connectivity index (χ4n) is 2.05. The van der Waals surface area contributed by atoms with Gasteiger partial charge in [-0.2, -0.15) is 0 Å². The number of hydrogen-bond acceptors (Lipinski definition) is 4. The largest absolute Gasteiger partial charge is 0.507 e. The summed E-state index contributed by atoms with van der Waals surface area (Å²) >= 11 is 5.88. The van der Waals surface area contributed by atoms with Crippen LogP contribution in [0.4, 0.5) is 0 Å². The summed E-state index contributed by atoms with van der Waals surface area (Å²) in [7, 11) is 0. The number of para-hydroxylation sites is 2. The van der Waals surface area contributed by atoms with Crippen molar-refractivity contribution < 1.29 is 14.6 Å². The zero-order valence-corrected chi connectivity index (χ0v) is 12.0. The molecule has 0 unspecified atom stereocenters. The SMILES string of the molecule is Oc1ccc(Cl)cc1C=NC[C@H]1COc2ccccc2O1. The molecule has 1 aliphatic rings. The average molecular weight is 304 g/mol. The van der Waals surface area contributed by atoms with Gasteiger partial charge in [-0.05, 0) is 30.3 Å². The first-order chi connectivity index (χ1) is 10.2. The van der Waals surface area contributed by atoms with Gasteiger partial charge in [-0.1, -0.05) is 23.7 Å². The van der Waals surface area contributed by atoms with Crippen LogP contribution in [0.15, 0.2) is 47.5 Å². The molecular formula is C16H14ClNO3. The lowest BCUT2D eigenvalue weighted by Crippen LogP contribution is -2.31. The van der Waals surface area contributed by atoms with Gasteiger partial charge in [0.15, 0.2) is 17.6 Å².